The summed E-state index contributed by atoms with van der Waals surface area (Å²) in [5.74, 6) is 0. The minimum Gasteiger partial charge on any atom is -0.238 e. The minimum absolute atomic E-state index is 0.0378. The first-order valence-electron chi connectivity index (χ1n) is 12.1. The predicted octanol–water partition coefficient (Wildman–Crippen LogP) is 5.83. The monoisotopic (exact) mass is 578 g/mol. The van der Waals surface area contributed by atoms with Crippen molar-refractivity contribution in [3.05, 3.63) is 101 Å². The van der Waals surface area contributed by atoms with Gasteiger partial charge in [-0.2, -0.15) is 13.2 Å². The molecule has 0 saturated carbocycles. The highest BCUT2D eigenvalue weighted by Gasteiger charge is 2.32. The molecule has 11 heteroatoms. The van der Waals surface area contributed by atoms with E-state index in [0.29, 0.717) is 16.8 Å². The van der Waals surface area contributed by atoms with Gasteiger partial charge in [-0.1, -0.05) is 57.2 Å². The Kier molecular flexibility index (Phi) is 7.48. The van der Waals surface area contributed by atoms with Crippen molar-refractivity contribution in [1.82, 2.24) is 8.69 Å². The number of sulfonamides is 1. The molecule has 0 aliphatic carbocycles. The first-order valence-corrected chi connectivity index (χ1v) is 15.4. The van der Waals surface area contributed by atoms with E-state index in [1.165, 1.54) is 18.2 Å². The summed E-state index contributed by atoms with van der Waals surface area (Å²) in [7, 11) is -7.55. The maximum Gasteiger partial charge on any atom is 0.416 e. The normalized spacial score (nSPS) is 13.2. The van der Waals surface area contributed by atoms with E-state index in [4.69, 9.17) is 0 Å². The van der Waals surface area contributed by atoms with Crippen molar-refractivity contribution in [2.75, 3.05) is 6.26 Å². The summed E-state index contributed by atoms with van der Waals surface area (Å²) in [4.78, 5) is 0.0378. The van der Waals surface area contributed by atoms with E-state index >= 15 is 0 Å². The molecule has 0 aliphatic rings. The summed E-state index contributed by atoms with van der Waals surface area (Å²) in [6.07, 6.45) is -3.40. The van der Waals surface area contributed by atoms with Crippen LogP contribution in [-0.4, -0.2) is 27.1 Å². The molecule has 0 fully saturated rings. The van der Waals surface area contributed by atoms with Crippen LogP contribution in [0.1, 0.15) is 48.7 Å². The Morgan fingerprint density at radius 3 is 2.03 bits per heavy atom. The van der Waals surface area contributed by atoms with Gasteiger partial charge in [0.1, 0.15) is 0 Å². The molecule has 0 unspecified atom stereocenters. The zero-order valence-electron chi connectivity index (χ0n) is 21.9. The lowest BCUT2D eigenvalue weighted by atomic mass is 9.87. The molecule has 0 radical (unpaired) electrons. The van der Waals surface area contributed by atoms with Crippen molar-refractivity contribution in [2.24, 2.45) is 0 Å². The lowest BCUT2D eigenvalue weighted by molar-refractivity contribution is -0.137. The topological polar surface area (TPSA) is 85.2 Å². The predicted molar refractivity (Wildman–Crippen MR) is 146 cm³/mol. The molecular weight excluding hydrogens is 549 g/mol. The largest absolute Gasteiger partial charge is 0.416 e. The van der Waals surface area contributed by atoms with E-state index in [1.54, 1.807) is 36.4 Å². The Balaban J connectivity index is 1.82. The maximum atomic E-state index is 14.0. The molecule has 4 aromatic rings. The molecule has 3 aromatic carbocycles. The first-order chi connectivity index (χ1) is 17.9. The van der Waals surface area contributed by atoms with Crippen molar-refractivity contribution >= 4 is 30.9 Å². The number of benzene rings is 3. The van der Waals surface area contributed by atoms with Gasteiger partial charge in [0.15, 0.2) is 0 Å². The molecule has 0 aliphatic heterocycles. The number of rotatable bonds is 7. The molecule has 0 atom stereocenters. The zero-order valence-corrected chi connectivity index (χ0v) is 23.5. The molecule has 4 rings (SSSR count). The standard InChI is InChI=1S/C28H29F3N2O4S2/c1-27(2,3)22-6-5-7-25(17-22)39(36,37)33-24(16-21-15-23(28(29,30)31)12-13-26(21)33)14-19-8-10-20(11-9-19)18-32-38(4,34)35/h5-13,15-17,32H,14,18H2,1-4H3. The van der Waals surface area contributed by atoms with Gasteiger partial charge in [0.25, 0.3) is 10.0 Å². The number of nitrogens with one attached hydrogen (secondary N) is 1. The van der Waals surface area contributed by atoms with E-state index in [9.17, 15) is 30.0 Å². The lowest BCUT2D eigenvalue weighted by Gasteiger charge is -2.20. The van der Waals surface area contributed by atoms with Crippen LogP contribution in [0.25, 0.3) is 10.9 Å². The summed E-state index contributed by atoms with van der Waals surface area (Å²) in [5, 5.41) is 0.157. The van der Waals surface area contributed by atoms with Crippen molar-refractivity contribution in [3.8, 4) is 0 Å². The van der Waals surface area contributed by atoms with E-state index in [1.807, 2.05) is 26.8 Å². The minimum atomic E-state index is -4.58. The smallest absolute Gasteiger partial charge is 0.238 e. The van der Waals surface area contributed by atoms with Crippen LogP contribution in [0.15, 0.2) is 77.7 Å². The summed E-state index contributed by atoms with van der Waals surface area (Å²) in [6.45, 7) is 5.98. The van der Waals surface area contributed by atoms with Crippen LogP contribution in [0.3, 0.4) is 0 Å². The number of halogens is 3. The van der Waals surface area contributed by atoms with Crippen molar-refractivity contribution in [2.45, 2.75) is 50.2 Å². The molecule has 1 aromatic heterocycles. The van der Waals surface area contributed by atoms with Crippen LogP contribution >= 0.6 is 0 Å². The lowest BCUT2D eigenvalue weighted by Crippen LogP contribution is -2.21. The SMILES string of the molecule is CC(C)(C)c1cccc(S(=O)(=O)n2c(Cc3ccc(CNS(C)(=O)=O)cc3)cc3cc(C(F)(F)F)ccc32)c1. The second kappa shape index (κ2) is 10.1. The molecule has 6 nitrogen and oxygen atoms in total. The zero-order chi connectivity index (χ0) is 28.8. The number of aromatic nitrogens is 1. The van der Waals surface area contributed by atoms with Gasteiger partial charge in [-0.05, 0) is 58.5 Å². The van der Waals surface area contributed by atoms with E-state index in [2.05, 4.69) is 4.72 Å². The summed E-state index contributed by atoms with van der Waals surface area (Å²) < 4.78 is 94.5. The Hall–Kier alpha value is -3.15. The van der Waals surface area contributed by atoms with Crippen LogP contribution in [0, 0.1) is 0 Å². The van der Waals surface area contributed by atoms with Gasteiger partial charge in [0.2, 0.25) is 10.0 Å². The molecule has 0 spiro atoms. The van der Waals surface area contributed by atoms with Crippen LogP contribution < -0.4 is 4.72 Å². The third-order valence-electron chi connectivity index (χ3n) is 6.34. The van der Waals surface area contributed by atoms with Crippen molar-refractivity contribution in [3.63, 3.8) is 0 Å². The van der Waals surface area contributed by atoms with Crippen molar-refractivity contribution < 1.29 is 30.0 Å². The Morgan fingerprint density at radius 1 is 0.795 bits per heavy atom. The molecular formula is C28H29F3N2O4S2. The molecule has 1 heterocycles. The number of fused-ring (bicyclic) bond motifs is 1. The molecule has 208 valence electrons. The fourth-order valence-electron chi connectivity index (χ4n) is 4.26. The molecule has 0 bridgehead atoms. The Bertz CT molecular complexity index is 1730. The molecule has 39 heavy (non-hydrogen) atoms. The van der Waals surface area contributed by atoms with Gasteiger partial charge in [0.05, 0.1) is 22.2 Å². The first kappa shape index (κ1) is 28.8. The fraction of sp³-hybridized carbons (Fsp3) is 0.286. The average Bonchev–Trinajstić information content (AvgIpc) is 3.20. The fourth-order valence-corrected chi connectivity index (χ4v) is 6.28. The third kappa shape index (κ3) is 6.54. The maximum absolute atomic E-state index is 14.0. The number of nitrogens with zero attached hydrogens (tertiary/aromatic N) is 1. The quantitative estimate of drug-likeness (QED) is 0.299. The van der Waals surface area contributed by atoms with Gasteiger partial charge in [-0.25, -0.2) is 25.5 Å². The number of hydrogen-bond acceptors (Lipinski definition) is 4. The van der Waals surface area contributed by atoms with Gasteiger partial charge in [0, 0.05) is 24.0 Å². The van der Waals surface area contributed by atoms with Gasteiger partial charge in [-0.15, -0.1) is 0 Å². The third-order valence-corrected chi connectivity index (χ3v) is 8.77. The Labute approximate surface area is 226 Å². The second-order valence-electron chi connectivity index (χ2n) is 10.5. The highest BCUT2D eigenvalue weighted by atomic mass is 32.2. The van der Waals surface area contributed by atoms with E-state index in [-0.39, 0.29) is 34.2 Å². The second-order valence-corrected chi connectivity index (χ2v) is 14.2. The Morgan fingerprint density at radius 2 is 1.44 bits per heavy atom. The summed E-state index contributed by atoms with van der Waals surface area (Å²) in [6, 6.07) is 17.9. The highest BCUT2D eigenvalue weighted by molar-refractivity contribution is 7.90. The average molecular weight is 579 g/mol. The van der Waals surface area contributed by atoms with E-state index < -0.39 is 31.8 Å². The molecule has 1 N–H and O–H groups in total. The van der Waals surface area contributed by atoms with Gasteiger partial charge in [-0.3, -0.25) is 0 Å². The number of alkyl halides is 3. The summed E-state index contributed by atoms with van der Waals surface area (Å²) in [5.41, 5.74) is 1.47. The van der Waals surface area contributed by atoms with Crippen LogP contribution in [0.2, 0.25) is 0 Å². The molecule has 0 amide bonds. The van der Waals surface area contributed by atoms with E-state index in [0.717, 1.165) is 27.9 Å². The summed E-state index contributed by atoms with van der Waals surface area (Å²) >= 11 is 0. The van der Waals surface area contributed by atoms with Crippen LogP contribution in [0.5, 0.6) is 0 Å². The van der Waals surface area contributed by atoms with Crippen LogP contribution in [0.4, 0.5) is 13.2 Å². The molecule has 0 saturated heterocycles. The van der Waals surface area contributed by atoms with Crippen LogP contribution in [-0.2, 0) is 44.6 Å². The van der Waals surface area contributed by atoms with Crippen molar-refractivity contribution in [1.29, 1.82) is 0 Å². The highest BCUT2D eigenvalue weighted by Crippen LogP contribution is 2.35. The van der Waals surface area contributed by atoms with Gasteiger partial charge >= 0.3 is 6.18 Å². The number of hydrogen-bond donors (Lipinski definition) is 1. The van der Waals surface area contributed by atoms with Gasteiger partial charge < -0.3 is 0 Å².